The summed E-state index contributed by atoms with van der Waals surface area (Å²) in [6.07, 6.45) is 1.58. The summed E-state index contributed by atoms with van der Waals surface area (Å²) in [5.74, 6) is -0.628. The van der Waals surface area contributed by atoms with Gasteiger partial charge in [-0.1, -0.05) is 48.0 Å². The van der Waals surface area contributed by atoms with Crippen molar-refractivity contribution in [2.75, 3.05) is 0 Å². The van der Waals surface area contributed by atoms with E-state index >= 15 is 0 Å². The summed E-state index contributed by atoms with van der Waals surface area (Å²) < 4.78 is 43.2. The van der Waals surface area contributed by atoms with Crippen LogP contribution < -0.4 is 11.1 Å². The Morgan fingerprint density at radius 2 is 1.74 bits per heavy atom. The van der Waals surface area contributed by atoms with Crippen molar-refractivity contribution >= 4 is 27.6 Å². The lowest BCUT2D eigenvalue weighted by Crippen LogP contribution is -2.32. The number of nitrogens with two attached hydrogens (primary N) is 1. The number of aromatic nitrogens is 1. The molecular weight excluding hydrogens is 487 g/mol. The summed E-state index contributed by atoms with van der Waals surface area (Å²) in [5.41, 5.74) is 9.68. The molecule has 0 atom stereocenters. The maximum Gasteiger partial charge on any atom is 0.285 e. The van der Waals surface area contributed by atoms with Crippen LogP contribution in [0, 0.1) is 12.7 Å². The molecule has 3 N–H and O–H groups in total. The minimum Gasteiger partial charge on any atom is -0.369 e. The predicted molar refractivity (Wildman–Crippen MR) is 137 cm³/mol. The summed E-state index contributed by atoms with van der Waals surface area (Å²) in [6.45, 7) is 1.98. The molecule has 4 rings (SSSR count). The van der Waals surface area contributed by atoms with E-state index in [1.54, 1.807) is 42.6 Å². The van der Waals surface area contributed by atoms with Crippen LogP contribution in [0.1, 0.15) is 11.1 Å². The van der Waals surface area contributed by atoms with Gasteiger partial charge in [0, 0.05) is 28.9 Å². The third-order valence-electron chi connectivity index (χ3n) is 5.21. The monoisotopic (exact) mass is 508 g/mol. The molecule has 35 heavy (non-hydrogen) atoms. The summed E-state index contributed by atoms with van der Waals surface area (Å²) in [5, 5.41) is 3.38. The number of pyridine rings is 1. The lowest BCUT2D eigenvalue weighted by Gasteiger charge is -2.13. The highest BCUT2D eigenvalue weighted by Crippen LogP contribution is 2.33. The number of halogens is 2. The lowest BCUT2D eigenvalue weighted by molar-refractivity contribution is 0.597. The van der Waals surface area contributed by atoms with Gasteiger partial charge in [-0.2, -0.15) is 8.42 Å². The van der Waals surface area contributed by atoms with Crippen LogP contribution in [0.2, 0.25) is 5.02 Å². The second-order valence-corrected chi connectivity index (χ2v) is 9.89. The minimum atomic E-state index is -3.94. The molecule has 0 saturated heterocycles. The molecule has 0 bridgehead atoms. The Morgan fingerprint density at radius 1 is 1.03 bits per heavy atom. The largest absolute Gasteiger partial charge is 0.369 e. The van der Waals surface area contributed by atoms with Gasteiger partial charge in [0.05, 0.1) is 10.6 Å². The summed E-state index contributed by atoms with van der Waals surface area (Å²) >= 11 is 6.05. The van der Waals surface area contributed by atoms with Gasteiger partial charge in [-0.25, -0.2) is 4.39 Å². The van der Waals surface area contributed by atoms with E-state index in [-0.39, 0.29) is 23.2 Å². The first kappa shape index (κ1) is 24.4. The maximum atomic E-state index is 14.8. The molecular formula is C26H22ClFN4O2S. The smallest absolute Gasteiger partial charge is 0.285 e. The number of nitrogens with zero attached hydrogens (tertiary/aromatic N) is 2. The van der Waals surface area contributed by atoms with Gasteiger partial charge in [0.2, 0.25) is 5.96 Å². The van der Waals surface area contributed by atoms with Crippen molar-refractivity contribution in [3.05, 3.63) is 107 Å². The first-order valence-corrected chi connectivity index (χ1v) is 12.5. The second kappa shape index (κ2) is 10.2. The molecule has 0 aliphatic heterocycles. The SMILES string of the molecule is Cc1ccc(-c2ncc(CNC(N)=NS(=O)(=O)c3ccccc3)cc2-c2ccc(Cl)cc2)c(F)c1. The van der Waals surface area contributed by atoms with Gasteiger partial charge in [-0.3, -0.25) is 4.98 Å². The minimum absolute atomic E-state index is 0.0425. The predicted octanol–water partition coefficient (Wildman–Crippen LogP) is 5.31. The van der Waals surface area contributed by atoms with Gasteiger partial charge in [0.25, 0.3) is 10.0 Å². The van der Waals surface area contributed by atoms with E-state index in [2.05, 4.69) is 14.7 Å². The molecule has 0 fully saturated rings. The van der Waals surface area contributed by atoms with Gasteiger partial charge >= 0.3 is 0 Å². The third-order valence-corrected chi connectivity index (χ3v) is 6.77. The zero-order valence-corrected chi connectivity index (χ0v) is 20.3. The fourth-order valence-electron chi connectivity index (χ4n) is 3.48. The molecule has 9 heteroatoms. The standard InChI is InChI=1S/C26H22ClFN4O2S/c1-17-7-12-22(24(28)13-17)25-23(19-8-10-20(27)11-9-19)14-18(15-30-25)16-31-26(29)32-35(33,34)21-5-3-2-4-6-21/h2-15H,16H2,1H3,(H3,29,31,32). The fraction of sp³-hybridized carbons (Fsp3) is 0.0769. The highest BCUT2D eigenvalue weighted by Gasteiger charge is 2.16. The van der Waals surface area contributed by atoms with Crippen molar-refractivity contribution in [1.82, 2.24) is 10.3 Å². The number of rotatable bonds is 6. The quantitative estimate of drug-likeness (QED) is 0.272. The van der Waals surface area contributed by atoms with Crippen molar-refractivity contribution in [2.24, 2.45) is 10.1 Å². The molecule has 0 aliphatic carbocycles. The van der Waals surface area contributed by atoms with E-state index < -0.39 is 10.0 Å². The number of hydrogen-bond acceptors (Lipinski definition) is 3. The van der Waals surface area contributed by atoms with Crippen LogP contribution >= 0.6 is 11.6 Å². The van der Waals surface area contributed by atoms with Crippen LogP contribution in [-0.2, 0) is 16.6 Å². The third kappa shape index (κ3) is 5.85. The zero-order chi connectivity index (χ0) is 25.0. The molecule has 3 aromatic carbocycles. The van der Waals surface area contributed by atoms with Gasteiger partial charge in [0.15, 0.2) is 0 Å². The van der Waals surface area contributed by atoms with Crippen LogP contribution in [0.4, 0.5) is 4.39 Å². The molecule has 178 valence electrons. The second-order valence-electron chi connectivity index (χ2n) is 7.85. The van der Waals surface area contributed by atoms with E-state index in [4.69, 9.17) is 17.3 Å². The zero-order valence-electron chi connectivity index (χ0n) is 18.7. The number of hydrogen-bond donors (Lipinski definition) is 2. The number of aryl methyl sites for hydroxylation is 1. The highest BCUT2D eigenvalue weighted by molar-refractivity contribution is 7.90. The molecule has 1 aromatic heterocycles. The average Bonchev–Trinajstić information content (AvgIpc) is 2.84. The van der Waals surface area contributed by atoms with Gasteiger partial charge in [-0.15, -0.1) is 4.40 Å². The summed E-state index contributed by atoms with van der Waals surface area (Å²) in [6, 6.07) is 21.8. The summed E-state index contributed by atoms with van der Waals surface area (Å²) in [7, 11) is -3.94. The van der Waals surface area contributed by atoms with E-state index in [0.29, 0.717) is 27.4 Å². The number of sulfonamides is 1. The maximum absolute atomic E-state index is 14.8. The Balaban J connectivity index is 1.65. The highest BCUT2D eigenvalue weighted by atomic mass is 35.5. The topological polar surface area (TPSA) is 97.4 Å². The van der Waals surface area contributed by atoms with Crippen LogP contribution in [0.15, 0.2) is 94.4 Å². The molecule has 0 radical (unpaired) electrons. The van der Waals surface area contributed by atoms with E-state index in [1.165, 1.54) is 18.2 Å². The van der Waals surface area contributed by atoms with Crippen LogP contribution in [0.5, 0.6) is 0 Å². The molecule has 4 aromatic rings. The average molecular weight is 509 g/mol. The Bertz CT molecular complexity index is 1490. The first-order chi connectivity index (χ1) is 16.7. The Morgan fingerprint density at radius 3 is 2.43 bits per heavy atom. The van der Waals surface area contributed by atoms with Crippen LogP contribution in [0.3, 0.4) is 0 Å². The van der Waals surface area contributed by atoms with Gasteiger partial charge in [-0.05, 0) is 66.1 Å². The Kier molecular flexibility index (Phi) is 7.14. The molecule has 0 unspecified atom stereocenters. The molecule has 0 spiro atoms. The van der Waals surface area contributed by atoms with Crippen molar-refractivity contribution in [2.45, 2.75) is 18.4 Å². The Hall–Kier alpha value is -3.75. The fourth-order valence-corrected chi connectivity index (χ4v) is 4.54. The number of nitrogens with one attached hydrogen (secondary N) is 1. The Labute approximate surface area is 208 Å². The van der Waals surface area contributed by atoms with Gasteiger partial charge < -0.3 is 11.1 Å². The van der Waals surface area contributed by atoms with E-state index in [0.717, 1.165) is 11.1 Å². The lowest BCUT2D eigenvalue weighted by atomic mass is 9.97. The molecule has 0 amide bonds. The normalized spacial score (nSPS) is 11.9. The van der Waals surface area contributed by atoms with Crippen LogP contribution in [0.25, 0.3) is 22.4 Å². The van der Waals surface area contributed by atoms with Crippen molar-refractivity contribution in [3.63, 3.8) is 0 Å². The van der Waals surface area contributed by atoms with Crippen molar-refractivity contribution < 1.29 is 12.8 Å². The van der Waals surface area contributed by atoms with Crippen molar-refractivity contribution in [1.29, 1.82) is 0 Å². The summed E-state index contributed by atoms with van der Waals surface area (Å²) in [4.78, 5) is 4.57. The van der Waals surface area contributed by atoms with Gasteiger partial charge in [0.1, 0.15) is 5.82 Å². The first-order valence-electron chi connectivity index (χ1n) is 10.6. The van der Waals surface area contributed by atoms with E-state index in [1.807, 2.05) is 31.2 Å². The molecule has 6 nitrogen and oxygen atoms in total. The van der Waals surface area contributed by atoms with Crippen LogP contribution in [-0.4, -0.2) is 19.4 Å². The number of benzene rings is 3. The molecule has 0 aliphatic rings. The van der Waals surface area contributed by atoms with Crippen molar-refractivity contribution in [3.8, 4) is 22.4 Å². The molecule has 1 heterocycles. The number of guanidine groups is 1. The van der Waals surface area contributed by atoms with E-state index in [9.17, 15) is 12.8 Å². The molecule has 0 saturated carbocycles.